The van der Waals surface area contributed by atoms with Crippen molar-refractivity contribution in [1.29, 1.82) is 0 Å². The molecule has 1 unspecified atom stereocenters. The van der Waals surface area contributed by atoms with Crippen LogP contribution in [0.1, 0.15) is 33.1 Å². The van der Waals surface area contributed by atoms with Gasteiger partial charge in [-0.15, -0.1) is 0 Å². The maximum absolute atomic E-state index is 6.05. The maximum atomic E-state index is 6.05. The molecule has 0 amide bonds. The van der Waals surface area contributed by atoms with Crippen LogP contribution in [-0.2, 0) is 0 Å². The Balaban J connectivity index is 2.49. The van der Waals surface area contributed by atoms with E-state index in [1.54, 1.807) is 0 Å². The third-order valence-electron chi connectivity index (χ3n) is 3.08. The minimum atomic E-state index is 0.393. The number of piperidine rings is 1. The highest BCUT2D eigenvalue weighted by atomic mass is 14.9. The third-order valence-corrected chi connectivity index (χ3v) is 3.08. The third kappa shape index (κ3) is 1.94. The van der Waals surface area contributed by atoms with Crippen LogP contribution in [0.4, 0.5) is 0 Å². The van der Waals surface area contributed by atoms with Crippen LogP contribution in [0, 0.1) is 5.41 Å². The summed E-state index contributed by atoms with van der Waals surface area (Å²) in [7, 11) is 0. The number of nitrogens with two attached hydrogens (primary N) is 1. The van der Waals surface area contributed by atoms with Gasteiger partial charge in [-0.3, -0.25) is 0 Å². The Morgan fingerprint density at radius 2 is 2.00 bits per heavy atom. The van der Waals surface area contributed by atoms with Crippen LogP contribution in [0.5, 0.6) is 0 Å². The van der Waals surface area contributed by atoms with Gasteiger partial charge in [0.25, 0.3) is 0 Å². The smallest absolute Gasteiger partial charge is 0.00912 e. The Hall–Kier alpha value is -0.0800. The van der Waals surface area contributed by atoms with E-state index in [1.165, 1.54) is 12.8 Å². The van der Waals surface area contributed by atoms with Crippen molar-refractivity contribution in [2.75, 3.05) is 13.1 Å². The van der Waals surface area contributed by atoms with Crippen LogP contribution in [0.3, 0.4) is 0 Å². The first kappa shape index (κ1) is 9.01. The van der Waals surface area contributed by atoms with Gasteiger partial charge in [-0.05, 0) is 37.8 Å². The molecule has 1 fully saturated rings. The standard InChI is InChI=1S/C9H20N2/c1-3-8(10)9(2)4-6-11-7-5-9/h8,11H,3-7,10H2,1-2H3. The molecule has 0 aliphatic carbocycles. The fourth-order valence-electron chi connectivity index (χ4n) is 1.86. The second-order valence-corrected chi connectivity index (χ2v) is 3.92. The van der Waals surface area contributed by atoms with Gasteiger partial charge in [-0.2, -0.15) is 0 Å². The Morgan fingerprint density at radius 3 is 2.45 bits per heavy atom. The Labute approximate surface area is 69.5 Å². The zero-order chi connectivity index (χ0) is 8.32. The summed E-state index contributed by atoms with van der Waals surface area (Å²) in [5, 5.41) is 3.36. The maximum Gasteiger partial charge on any atom is 0.00912 e. The number of nitrogens with one attached hydrogen (secondary N) is 1. The quantitative estimate of drug-likeness (QED) is 0.628. The van der Waals surface area contributed by atoms with Gasteiger partial charge in [0.1, 0.15) is 0 Å². The zero-order valence-corrected chi connectivity index (χ0v) is 7.69. The van der Waals surface area contributed by atoms with Gasteiger partial charge < -0.3 is 11.1 Å². The molecule has 0 aromatic rings. The van der Waals surface area contributed by atoms with Crippen LogP contribution in [0.25, 0.3) is 0 Å². The minimum Gasteiger partial charge on any atom is -0.327 e. The molecular formula is C9H20N2. The van der Waals surface area contributed by atoms with Gasteiger partial charge in [0.15, 0.2) is 0 Å². The summed E-state index contributed by atoms with van der Waals surface area (Å²) in [5.74, 6) is 0. The van der Waals surface area contributed by atoms with E-state index >= 15 is 0 Å². The minimum absolute atomic E-state index is 0.393. The van der Waals surface area contributed by atoms with Crippen LogP contribution < -0.4 is 11.1 Å². The van der Waals surface area contributed by atoms with Gasteiger partial charge in [0.05, 0.1) is 0 Å². The lowest BCUT2D eigenvalue weighted by molar-refractivity contribution is 0.177. The van der Waals surface area contributed by atoms with Gasteiger partial charge >= 0.3 is 0 Å². The van der Waals surface area contributed by atoms with E-state index in [1.807, 2.05) is 0 Å². The first-order valence-electron chi connectivity index (χ1n) is 4.65. The van der Waals surface area contributed by atoms with E-state index in [-0.39, 0.29) is 0 Å². The van der Waals surface area contributed by atoms with E-state index in [0.717, 1.165) is 19.5 Å². The fourth-order valence-corrected chi connectivity index (χ4v) is 1.86. The molecule has 2 heteroatoms. The van der Waals surface area contributed by atoms with Gasteiger partial charge in [-0.1, -0.05) is 13.8 Å². The highest BCUT2D eigenvalue weighted by Crippen LogP contribution is 2.31. The Morgan fingerprint density at radius 1 is 1.45 bits per heavy atom. The van der Waals surface area contributed by atoms with Gasteiger partial charge in [-0.25, -0.2) is 0 Å². The molecule has 1 rings (SSSR count). The predicted octanol–water partition coefficient (Wildman–Crippen LogP) is 1.11. The predicted molar refractivity (Wildman–Crippen MR) is 48.5 cm³/mol. The molecule has 0 aromatic carbocycles. The lowest BCUT2D eigenvalue weighted by atomic mass is 9.74. The van der Waals surface area contributed by atoms with Crippen molar-refractivity contribution in [3.05, 3.63) is 0 Å². The summed E-state index contributed by atoms with van der Waals surface area (Å²) in [6.45, 7) is 6.79. The molecule has 0 bridgehead atoms. The molecule has 0 spiro atoms. The number of rotatable bonds is 2. The fraction of sp³-hybridized carbons (Fsp3) is 1.00. The van der Waals surface area contributed by atoms with Crippen molar-refractivity contribution in [1.82, 2.24) is 5.32 Å². The molecular weight excluding hydrogens is 136 g/mol. The first-order valence-corrected chi connectivity index (χ1v) is 4.65. The number of hydrogen-bond donors (Lipinski definition) is 2. The van der Waals surface area contributed by atoms with Crippen LogP contribution >= 0.6 is 0 Å². The summed E-state index contributed by atoms with van der Waals surface area (Å²) in [4.78, 5) is 0. The topological polar surface area (TPSA) is 38.0 Å². The second-order valence-electron chi connectivity index (χ2n) is 3.92. The molecule has 0 aromatic heterocycles. The molecule has 1 atom stereocenters. The Bertz CT molecular complexity index is 117. The molecule has 1 aliphatic rings. The lowest BCUT2D eigenvalue weighted by Gasteiger charge is -2.38. The highest BCUT2D eigenvalue weighted by molar-refractivity contribution is 4.88. The van der Waals surface area contributed by atoms with Gasteiger partial charge in [0, 0.05) is 6.04 Å². The van der Waals surface area contributed by atoms with Crippen LogP contribution in [-0.4, -0.2) is 19.1 Å². The average molecular weight is 156 g/mol. The molecule has 1 aliphatic heterocycles. The molecule has 66 valence electrons. The zero-order valence-electron chi connectivity index (χ0n) is 7.69. The molecule has 0 saturated carbocycles. The SMILES string of the molecule is CCC(N)C1(C)CCNCC1. The second kappa shape index (κ2) is 3.55. The van der Waals surface area contributed by atoms with E-state index in [2.05, 4.69) is 19.2 Å². The van der Waals surface area contributed by atoms with E-state index < -0.39 is 0 Å². The summed E-state index contributed by atoms with van der Waals surface area (Å²) < 4.78 is 0. The van der Waals surface area contributed by atoms with Crippen LogP contribution in [0.15, 0.2) is 0 Å². The summed E-state index contributed by atoms with van der Waals surface area (Å²) >= 11 is 0. The largest absolute Gasteiger partial charge is 0.327 e. The van der Waals surface area contributed by atoms with E-state index in [9.17, 15) is 0 Å². The number of hydrogen-bond acceptors (Lipinski definition) is 2. The summed E-state index contributed by atoms with van der Waals surface area (Å²) in [6, 6.07) is 0.393. The van der Waals surface area contributed by atoms with Gasteiger partial charge in [0.2, 0.25) is 0 Å². The summed E-state index contributed by atoms with van der Waals surface area (Å²) in [6.07, 6.45) is 3.58. The van der Waals surface area contributed by atoms with Crippen molar-refractivity contribution in [3.8, 4) is 0 Å². The van der Waals surface area contributed by atoms with Crippen molar-refractivity contribution in [2.45, 2.75) is 39.2 Å². The molecule has 1 saturated heterocycles. The van der Waals surface area contributed by atoms with Crippen molar-refractivity contribution in [3.63, 3.8) is 0 Å². The Kier molecular flexibility index (Phi) is 2.90. The molecule has 11 heavy (non-hydrogen) atoms. The van der Waals surface area contributed by atoms with E-state index in [4.69, 9.17) is 5.73 Å². The average Bonchev–Trinajstić information content (AvgIpc) is 2.04. The highest BCUT2D eigenvalue weighted by Gasteiger charge is 2.31. The molecule has 3 N–H and O–H groups in total. The molecule has 0 radical (unpaired) electrons. The first-order chi connectivity index (χ1) is 5.19. The monoisotopic (exact) mass is 156 g/mol. The molecule has 2 nitrogen and oxygen atoms in total. The van der Waals surface area contributed by atoms with Crippen LogP contribution in [0.2, 0.25) is 0 Å². The van der Waals surface area contributed by atoms with Crippen molar-refractivity contribution >= 4 is 0 Å². The normalized spacial score (nSPS) is 26.5. The van der Waals surface area contributed by atoms with Crippen molar-refractivity contribution < 1.29 is 0 Å². The summed E-state index contributed by atoms with van der Waals surface area (Å²) in [5.41, 5.74) is 6.46. The van der Waals surface area contributed by atoms with E-state index in [0.29, 0.717) is 11.5 Å². The lowest BCUT2D eigenvalue weighted by Crippen LogP contribution is -2.46. The molecule has 1 heterocycles. The van der Waals surface area contributed by atoms with Crippen molar-refractivity contribution in [2.24, 2.45) is 11.1 Å².